The molecule has 0 amide bonds. The first-order valence-corrected chi connectivity index (χ1v) is 4.97. The zero-order chi connectivity index (χ0) is 10.7. The molecule has 0 saturated heterocycles. The van der Waals surface area contributed by atoms with Crippen molar-refractivity contribution in [2.75, 3.05) is 0 Å². The van der Waals surface area contributed by atoms with E-state index in [1.807, 2.05) is 31.2 Å². The number of hydrogen-bond acceptors (Lipinski definition) is 2. The van der Waals surface area contributed by atoms with E-state index in [4.69, 9.17) is 16.3 Å². The van der Waals surface area contributed by atoms with Crippen molar-refractivity contribution in [2.24, 2.45) is 0 Å². The molecule has 0 atom stereocenters. The van der Waals surface area contributed by atoms with Crippen LogP contribution < -0.4 is 4.74 Å². The van der Waals surface area contributed by atoms with E-state index in [1.165, 1.54) is 5.56 Å². The molecule has 1 aromatic carbocycles. The highest BCUT2D eigenvalue weighted by Gasteiger charge is 2.01. The SMILES string of the molecule is Cc1ccc(Oc2ccncc2Cl)cc1. The minimum Gasteiger partial charge on any atom is -0.456 e. The maximum atomic E-state index is 5.92. The van der Waals surface area contributed by atoms with Crippen molar-refractivity contribution in [2.45, 2.75) is 6.92 Å². The van der Waals surface area contributed by atoms with E-state index in [9.17, 15) is 0 Å². The van der Waals surface area contributed by atoms with Gasteiger partial charge in [-0.3, -0.25) is 4.98 Å². The van der Waals surface area contributed by atoms with Crippen molar-refractivity contribution in [3.05, 3.63) is 53.3 Å². The number of rotatable bonds is 2. The lowest BCUT2D eigenvalue weighted by molar-refractivity contribution is 0.482. The topological polar surface area (TPSA) is 22.1 Å². The number of hydrogen-bond donors (Lipinski definition) is 0. The first-order chi connectivity index (χ1) is 7.25. The molecule has 2 aromatic rings. The third-order valence-electron chi connectivity index (χ3n) is 1.98. The minimum atomic E-state index is 0.512. The quantitative estimate of drug-likeness (QED) is 0.766. The van der Waals surface area contributed by atoms with Gasteiger partial charge in [0.15, 0.2) is 0 Å². The fraction of sp³-hybridized carbons (Fsp3) is 0.0833. The van der Waals surface area contributed by atoms with Crippen molar-refractivity contribution in [3.8, 4) is 11.5 Å². The lowest BCUT2D eigenvalue weighted by Crippen LogP contribution is -1.85. The Balaban J connectivity index is 2.22. The van der Waals surface area contributed by atoms with Gasteiger partial charge in [0.25, 0.3) is 0 Å². The number of halogens is 1. The summed E-state index contributed by atoms with van der Waals surface area (Å²) in [4.78, 5) is 3.89. The number of pyridine rings is 1. The van der Waals surface area contributed by atoms with E-state index >= 15 is 0 Å². The summed E-state index contributed by atoms with van der Waals surface area (Å²) in [5.74, 6) is 1.39. The molecule has 2 nitrogen and oxygen atoms in total. The van der Waals surface area contributed by atoms with E-state index in [0.717, 1.165) is 5.75 Å². The molecule has 76 valence electrons. The number of benzene rings is 1. The predicted octanol–water partition coefficient (Wildman–Crippen LogP) is 3.84. The van der Waals surface area contributed by atoms with Gasteiger partial charge in [0.1, 0.15) is 16.5 Å². The molecule has 0 radical (unpaired) electrons. The molecular formula is C12H10ClNO. The molecule has 0 aliphatic heterocycles. The monoisotopic (exact) mass is 219 g/mol. The van der Waals surface area contributed by atoms with Gasteiger partial charge < -0.3 is 4.74 Å². The lowest BCUT2D eigenvalue weighted by Gasteiger charge is -2.06. The Morgan fingerprint density at radius 2 is 1.87 bits per heavy atom. The molecular weight excluding hydrogens is 210 g/mol. The van der Waals surface area contributed by atoms with E-state index in [0.29, 0.717) is 10.8 Å². The summed E-state index contributed by atoms with van der Waals surface area (Å²) in [6.45, 7) is 2.03. The van der Waals surface area contributed by atoms with Crippen LogP contribution in [0.25, 0.3) is 0 Å². The predicted molar refractivity (Wildman–Crippen MR) is 60.5 cm³/mol. The number of aryl methyl sites for hydroxylation is 1. The Morgan fingerprint density at radius 3 is 2.53 bits per heavy atom. The van der Waals surface area contributed by atoms with E-state index in [-0.39, 0.29) is 0 Å². The fourth-order valence-corrected chi connectivity index (χ4v) is 1.34. The Morgan fingerprint density at radius 1 is 1.13 bits per heavy atom. The Hall–Kier alpha value is -1.54. The largest absolute Gasteiger partial charge is 0.456 e. The summed E-state index contributed by atoms with van der Waals surface area (Å²) >= 11 is 5.92. The third-order valence-corrected chi connectivity index (χ3v) is 2.27. The highest BCUT2D eigenvalue weighted by atomic mass is 35.5. The van der Waals surface area contributed by atoms with Gasteiger partial charge >= 0.3 is 0 Å². The molecule has 1 aromatic heterocycles. The van der Waals surface area contributed by atoms with Gasteiger partial charge in [-0.2, -0.15) is 0 Å². The number of nitrogens with zero attached hydrogens (tertiary/aromatic N) is 1. The van der Waals surface area contributed by atoms with Crippen LogP contribution in [0.2, 0.25) is 5.02 Å². The summed E-state index contributed by atoms with van der Waals surface area (Å²) in [5.41, 5.74) is 1.20. The summed E-state index contributed by atoms with van der Waals surface area (Å²) in [5, 5.41) is 0.512. The van der Waals surface area contributed by atoms with E-state index in [2.05, 4.69) is 4.98 Å². The van der Waals surface area contributed by atoms with Gasteiger partial charge in [0.2, 0.25) is 0 Å². The molecule has 0 aliphatic rings. The van der Waals surface area contributed by atoms with Gasteiger partial charge in [-0.25, -0.2) is 0 Å². The number of aromatic nitrogens is 1. The van der Waals surface area contributed by atoms with Crippen molar-refractivity contribution in [3.63, 3.8) is 0 Å². The molecule has 0 N–H and O–H groups in total. The van der Waals surface area contributed by atoms with Crippen LogP contribution >= 0.6 is 11.6 Å². The highest BCUT2D eigenvalue weighted by Crippen LogP contribution is 2.27. The summed E-state index contributed by atoms with van der Waals surface area (Å²) < 4.78 is 5.59. The van der Waals surface area contributed by atoms with Crippen LogP contribution in [0.3, 0.4) is 0 Å². The highest BCUT2D eigenvalue weighted by molar-refractivity contribution is 6.31. The van der Waals surface area contributed by atoms with Crippen LogP contribution in [0, 0.1) is 6.92 Å². The summed E-state index contributed by atoms with van der Waals surface area (Å²) in [6, 6.07) is 9.54. The normalized spacial score (nSPS) is 10.0. The molecule has 0 spiro atoms. The standard InChI is InChI=1S/C12H10ClNO/c1-9-2-4-10(5-3-9)15-12-6-7-14-8-11(12)13/h2-8H,1H3. The van der Waals surface area contributed by atoms with Crippen LogP contribution in [-0.4, -0.2) is 4.98 Å². The first-order valence-electron chi connectivity index (χ1n) is 4.60. The van der Waals surface area contributed by atoms with Gasteiger partial charge in [0, 0.05) is 18.5 Å². The van der Waals surface area contributed by atoms with Crippen molar-refractivity contribution < 1.29 is 4.74 Å². The van der Waals surface area contributed by atoms with Crippen LogP contribution in [0.15, 0.2) is 42.7 Å². The Labute approximate surface area is 93.5 Å². The van der Waals surface area contributed by atoms with E-state index in [1.54, 1.807) is 18.5 Å². The van der Waals surface area contributed by atoms with Crippen molar-refractivity contribution >= 4 is 11.6 Å². The molecule has 2 rings (SSSR count). The molecule has 0 fully saturated rings. The molecule has 0 unspecified atom stereocenters. The Bertz CT molecular complexity index is 453. The molecule has 0 aliphatic carbocycles. The lowest BCUT2D eigenvalue weighted by atomic mass is 10.2. The minimum absolute atomic E-state index is 0.512. The molecule has 3 heteroatoms. The summed E-state index contributed by atoms with van der Waals surface area (Å²) in [7, 11) is 0. The van der Waals surface area contributed by atoms with Gasteiger partial charge in [0.05, 0.1) is 0 Å². The first kappa shape index (κ1) is 9.99. The second kappa shape index (κ2) is 4.32. The van der Waals surface area contributed by atoms with Gasteiger partial charge in [-0.05, 0) is 19.1 Å². The maximum Gasteiger partial charge on any atom is 0.149 e. The number of ether oxygens (including phenoxy) is 1. The summed E-state index contributed by atoms with van der Waals surface area (Å²) in [6.07, 6.45) is 3.21. The maximum absolute atomic E-state index is 5.92. The third kappa shape index (κ3) is 2.48. The molecule has 0 saturated carbocycles. The second-order valence-electron chi connectivity index (χ2n) is 3.22. The zero-order valence-corrected chi connectivity index (χ0v) is 9.03. The molecule has 0 bridgehead atoms. The van der Waals surface area contributed by atoms with E-state index < -0.39 is 0 Å². The smallest absolute Gasteiger partial charge is 0.149 e. The Kier molecular flexibility index (Phi) is 2.88. The van der Waals surface area contributed by atoms with Gasteiger partial charge in [-0.15, -0.1) is 0 Å². The van der Waals surface area contributed by atoms with Crippen molar-refractivity contribution in [1.82, 2.24) is 4.98 Å². The van der Waals surface area contributed by atoms with Crippen LogP contribution in [0.5, 0.6) is 11.5 Å². The van der Waals surface area contributed by atoms with Crippen LogP contribution in [-0.2, 0) is 0 Å². The molecule has 15 heavy (non-hydrogen) atoms. The van der Waals surface area contributed by atoms with Crippen LogP contribution in [0.1, 0.15) is 5.56 Å². The van der Waals surface area contributed by atoms with Gasteiger partial charge in [-0.1, -0.05) is 29.3 Å². The van der Waals surface area contributed by atoms with Crippen LogP contribution in [0.4, 0.5) is 0 Å². The fourth-order valence-electron chi connectivity index (χ4n) is 1.18. The van der Waals surface area contributed by atoms with Crippen molar-refractivity contribution in [1.29, 1.82) is 0 Å². The average molecular weight is 220 g/mol. The molecule has 1 heterocycles. The average Bonchev–Trinajstić information content (AvgIpc) is 2.25. The second-order valence-corrected chi connectivity index (χ2v) is 3.63. The zero-order valence-electron chi connectivity index (χ0n) is 8.27.